The van der Waals surface area contributed by atoms with Crippen LogP contribution in [0.2, 0.25) is 0 Å². The second kappa shape index (κ2) is 7.39. The highest BCUT2D eigenvalue weighted by Gasteiger charge is 2.08. The average molecular weight is 259 g/mol. The molecule has 0 aliphatic heterocycles. The van der Waals surface area contributed by atoms with Crippen LogP contribution < -0.4 is 5.32 Å². The van der Waals surface area contributed by atoms with Crippen molar-refractivity contribution in [2.24, 2.45) is 0 Å². The van der Waals surface area contributed by atoms with Crippen LogP contribution in [0.4, 0.5) is 0 Å². The van der Waals surface area contributed by atoms with Gasteiger partial charge < -0.3 is 19.9 Å². The van der Waals surface area contributed by atoms with Crippen LogP contribution in [0.15, 0.2) is 11.4 Å². The summed E-state index contributed by atoms with van der Waals surface area (Å²) in [5, 5.41) is 13.6. The molecule has 0 radical (unpaired) electrons. The third-order valence-electron chi connectivity index (χ3n) is 2.26. The summed E-state index contributed by atoms with van der Waals surface area (Å²) in [5.74, 6) is -0.887. The second-order valence-electron chi connectivity index (χ2n) is 3.55. The summed E-state index contributed by atoms with van der Waals surface area (Å²) in [5.41, 5.74) is 0.340. The molecule has 5 nitrogen and oxygen atoms in total. The molecule has 1 aromatic rings. The Bertz CT molecular complexity index is 353. The quantitative estimate of drug-likeness (QED) is 0.734. The van der Waals surface area contributed by atoms with Gasteiger partial charge in [-0.15, -0.1) is 11.3 Å². The zero-order valence-corrected chi connectivity index (χ0v) is 10.8. The van der Waals surface area contributed by atoms with Crippen molar-refractivity contribution in [1.29, 1.82) is 0 Å². The average Bonchev–Trinajstić information content (AvgIpc) is 2.77. The van der Waals surface area contributed by atoms with Gasteiger partial charge in [-0.05, 0) is 6.07 Å². The number of ether oxygens (including phenoxy) is 2. The van der Waals surface area contributed by atoms with Gasteiger partial charge in [-0.25, -0.2) is 4.79 Å². The summed E-state index contributed by atoms with van der Waals surface area (Å²) in [6, 6.07) is 1.68. The molecule has 1 aromatic heterocycles. The molecule has 17 heavy (non-hydrogen) atoms. The number of carboxylic acid groups (broad SMARTS) is 1. The predicted molar refractivity (Wildman–Crippen MR) is 65.7 cm³/mol. The fraction of sp³-hybridized carbons (Fsp3) is 0.545. The van der Waals surface area contributed by atoms with Gasteiger partial charge in [-0.2, -0.15) is 0 Å². The number of rotatable bonds is 8. The number of carbonyl (C=O) groups is 1. The number of methoxy groups -OCH3 is 2. The van der Waals surface area contributed by atoms with Gasteiger partial charge in [0.25, 0.3) is 0 Å². The Balaban J connectivity index is 2.32. The number of nitrogens with one attached hydrogen (secondary N) is 1. The fourth-order valence-electron chi connectivity index (χ4n) is 1.34. The Morgan fingerprint density at radius 3 is 2.88 bits per heavy atom. The minimum absolute atomic E-state index is 0.0129. The molecule has 1 atom stereocenters. The van der Waals surface area contributed by atoms with Gasteiger partial charge in [0.2, 0.25) is 0 Å². The summed E-state index contributed by atoms with van der Waals surface area (Å²) in [6.07, 6.45) is 0.0129. The molecular weight excluding hydrogens is 242 g/mol. The topological polar surface area (TPSA) is 67.8 Å². The van der Waals surface area contributed by atoms with E-state index in [9.17, 15) is 4.79 Å². The van der Waals surface area contributed by atoms with Crippen molar-refractivity contribution in [2.75, 3.05) is 27.4 Å². The summed E-state index contributed by atoms with van der Waals surface area (Å²) in [4.78, 5) is 11.7. The third kappa shape index (κ3) is 4.82. The van der Waals surface area contributed by atoms with E-state index in [1.54, 1.807) is 25.7 Å². The molecule has 0 bridgehead atoms. The summed E-state index contributed by atoms with van der Waals surface area (Å²) >= 11 is 1.44. The molecule has 0 amide bonds. The number of hydrogen-bond donors (Lipinski definition) is 2. The van der Waals surface area contributed by atoms with Gasteiger partial charge in [-0.3, -0.25) is 0 Å². The molecule has 1 unspecified atom stereocenters. The van der Waals surface area contributed by atoms with Gasteiger partial charge in [0.15, 0.2) is 0 Å². The van der Waals surface area contributed by atoms with E-state index in [1.807, 2.05) is 0 Å². The minimum atomic E-state index is -0.887. The van der Waals surface area contributed by atoms with E-state index in [4.69, 9.17) is 14.6 Å². The van der Waals surface area contributed by atoms with Gasteiger partial charge in [0, 0.05) is 37.6 Å². The molecule has 96 valence electrons. The first-order chi connectivity index (χ1) is 8.17. The lowest BCUT2D eigenvalue weighted by Crippen LogP contribution is -2.31. The van der Waals surface area contributed by atoms with E-state index < -0.39 is 5.97 Å². The highest BCUT2D eigenvalue weighted by atomic mass is 32.1. The maximum atomic E-state index is 10.7. The maximum absolute atomic E-state index is 10.7. The summed E-state index contributed by atoms with van der Waals surface area (Å²) in [6.45, 7) is 1.85. The van der Waals surface area contributed by atoms with Crippen molar-refractivity contribution in [3.63, 3.8) is 0 Å². The van der Waals surface area contributed by atoms with Gasteiger partial charge >= 0.3 is 5.97 Å². The van der Waals surface area contributed by atoms with Crippen molar-refractivity contribution in [1.82, 2.24) is 5.32 Å². The van der Waals surface area contributed by atoms with E-state index in [0.717, 1.165) is 4.88 Å². The standard InChI is InChI=1S/C11H17NO4S/c1-15-6-9(16-2)4-12-5-10-3-8(7-17-10)11(13)14/h3,7,9,12H,4-6H2,1-2H3,(H,13,14). The van der Waals surface area contributed by atoms with Crippen LogP contribution >= 0.6 is 11.3 Å². The van der Waals surface area contributed by atoms with E-state index in [-0.39, 0.29) is 6.10 Å². The van der Waals surface area contributed by atoms with Crippen molar-refractivity contribution in [3.8, 4) is 0 Å². The predicted octanol–water partition coefficient (Wildman–Crippen LogP) is 1.20. The second-order valence-corrected chi connectivity index (χ2v) is 4.55. The lowest BCUT2D eigenvalue weighted by Gasteiger charge is -2.14. The monoisotopic (exact) mass is 259 g/mol. The Morgan fingerprint density at radius 2 is 2.35 bits per heavy atom. The molecular formula is C11H17NO4S. The fourth-order valence-corrected chi connectivity index (χ4v) is 2.17. The zero-order chi connectivity index (χ0) is 12.7. The smallest absolute Gasteiger partial charge is 0.336 e. The summed E-state index contributed by atoms with van der Waals surface area (Å²) in [7, 11) is 3.27. The molecule has 1 rings (SSSR count). The van der Waals surface area contributed by atoms with E-state index >= 15 is 0 Å². The molecule has 0 saturated heterocycles. The third-order valence-corrected chi connectivity index (χ3v) is 3.19. The van der Waals surface area contributed by atoms with E-state index in [0.29, 0.717) is 25.3 Å². The van der Waals surface area contributed by atoms with Crippen LogP contribution in [0.25, 0.3) is 0 Å². The lowest BCUT2D eigenvalue weighted by atomic mass is 10.3. The molecule has 6 heteroatoms. The van der Waals surface area contributed by atoms with Crippen LogP contribution in [0.1, 0.15) is 15.2 Å². The van der Waals surface area contributed by atoms with E-state index in [2.05, 4.69) is 5.32 Å². The SMILES string of the molecule is COCC(CNCc1cc(C(=O)O)cs1)OC. The normalized spacial score (nSPS) is 12.6. The molecule has 0 saturated carbocycles. The van der Waals surface area contributed by atoms with Crippen molar-refractivity contribution >= 4 is 17.3 Å². The summed E-state index contributed by atoms with van der Waals surface area (Å²) < 4.78 is 10.2. The molecule has 0 fully saturated rings. The first-order valence-electron chi connectivity index (χ1n) is 5.20. The number of hydrogen-bond acceptors (Lipinski definition) is 5. The number of aromatic carboxylic acids is 1. The molecule has 2 N–H and O–H groups in total. The molecule has 0 spiro atoms. The first kappa shape index (κ1) is 14.1. The zero-order valence-electron chi connectivity index (χ0n) is 9.93. The molecule has 1 heterocycles. The maximum Gasteiger partial charge on any atom is 0.336 e. The molecule has 0 aromatic carbocycles. The van der Waals surface area contributed by atoms with Crippen molar-refractivity contribution < 1.29 is 19.4 Å². The van der Waals surface area contributed by atoms with Gasteiger partial charge in [-0.1, -0.05) is 0 Å². The van der Waals surface area contributed by atoms with Crippen molar-refractivity contribution in [3.05, 3.63) is 21.9 Å². The highest BCUT2D eigenvalue weighted by Crippen LogP contribution is 2.14. The van der Waals surface area contributed by atoms with E-state index in [1.165, 1.54) is 11.3 Å². The molecule has 0 aliphatic rings. The Kier molecular flexibility index (Phi) is 6.13. The largest absolute Gasteiger partial charge is 0.478 e. The lowest BCUT2D eigenvalue weighted by molar-refractivity contribution is 0.0288. The molecule has 0 aliphatic carbocycles. The van der Waals surface area contributed by atoms with Crippen LogP contribution in [0, 0.1) is 0 Å². The number of thiophene rings is 1. The van der Waals surface area contributed by atoms with Gasteiger partial charge in [0.05, 0.1) is 18.3 Å². The highest BCUT2D eigenvalue weighted by molar-refractivity contribution is 7.10. The first-order valence-corrected chi connectivity index (χ1v) is 6.08. The minimum Gasteiger partial charge on any atom is -0.478 e. The van der Waals surface area contributed by atoms with Crippen LogP contribution in [-0.2, 0) is 16.0 Å². The Labute approximate surface area is 104 Å². The number of carboxylic acids is 1. The van der Waals surface area contributed by atoms with Crippen LogP contribution in [0.5, 0.6) is 0 Å². The van der Waals surface area contributed by atoms with Crippen LogP contribution in [-0.4, -0.2) is 44.6 Å². The van der Waals surface area contributed by atoms with Gasteiger partial charge in [0.1, 0.15) is 0 Å². The van der Waals surface area contributed by atoms with Crippen LogP contribution in [0.3, 0.4) is 0 Å². The Morgan fingerprint density at radius 1 is 1.59 bits per heavy atom. The van der Waals surface area contributed by atoms with Crippen molar-refractivity contribution in [2.45, 2.75) is 12.6 Å². The Hall–Kier alpha value is -0.950.